The molecule has 3 heterocycles. The van der Waals surface area contributed by atoms with Crippen LogP contribution in [-0.2, 0) is 9.47 Å². The number of nitrogens with one attached hydrogen (secondary N) is 1. The van der Waals surface area contributed by atoms with Gasteiger partial charge in [-0.1, -0.05) is 6.07 Å². The number of aromatic nitrogens is 1. The van der Waals surface area contributed by atoms with Crippen LogP contribution in [0.2, 0.25) is 0 Å². The van der Waals surface area contributed by atoms with Crippen molar-refractivity contribution in [2.75, 3.05) is 64.0 Å². The summed E-state index contributed by atoms with van der Waals surface area (Å²) in [6, 6.07) is 6.08. The van der Waals surface area contributed by atoms with Crippen molar-refractivity contribution in [2.24, 2.45) is 4.99 Å². The van der Waals surface area contributed by atoms with Gasteiger partial charge < -0.3 is 24.6 Å². The number of rotatable bonds is 8. The Morgan fingerprint density at radius 3 is 2.86 bits per heavy atom. The molecule has 2 aliphatic heterocycles. The van der Waals surface area contributed by atoms with E-state index in [4.69, 9.17) is 14.5 Å². The molecular formula is C20H34IN5O2. The summed E-state index contributed by atoms with van der Waals surface area (Å²) < 4.78 is 11.3. The molecule has 0 amide bonds. The van der Waals surface area contributed by atoms with E-state index in [1.165, 1.54) is 0 Å². The number of anilines is 1. The number of nitrogens with zero attached hydrogens (tertiary/aromatic N) is 4. The maximum Gasteiger partial charge on any atom is 0.194 e. The van der Waals surface area contributed by atoms with Crippen molar-refractivity contribution in [3.8, 4) is 0 Å². The number of aliphatic imine (C=N–C) groups is 1. The van der Waals surface area contributed by atoms with Gasteiger partial charge in [0.25, 0.3) is 0 Å². The highest BCUT2D eigenvalue weighted by Gasteiger charge is 2.20. The number of hydrogen-bond donors (Lipinski definition) is 1. The molecule has 3 rings (SSSR count). The summed E-state index contributed by atoms with van der Waals surface area (Å²) in [5, 5.41) is 3.42. The molecular weight excluding hydrogens is 469 g/mol. The molecule has 0 radical (unpaired) electrons. The Morgan fingerprint density at radius 1 is 1.32 bits per heavy atom. The summed E-state index contributed by atoms with van der Waals surface area (Å²) in [7, 11) is 0. The van der Waals surface area contributed by atoms with E-state index >= 15 is 0 Å². The van der Waals surface area contributed by atoms with Crippen molar-refractivity contribution in [1.29, 1.82) is 0 Å². The van der Waals surface area contributed by atoms with Crippen LogP contribution in [-0.4, -0.2) is 81.0 Å². The van der Waals surface area contributed by atoms with Gasteiger partial charge in [0, 0.05) is 58.7 Å². The SMILES string of the molecule is CCNC(=NCCCOCC1CCCO1)N1CCN(c2ccccn2)CC1.I. The Hall–Kier alpha value is -1.13. The van der Waals surface area contributed by atoms with Crippen LogP contribution in [0, 0.1) is 0 Å². The monoisotopic (exact) mass is 503 g/mol. The van der Waals surface area contributed by atoms with E-state index in [2.05, 4.69) is 33.1 Å². The Labute approximate surface area is 185 Å². The lowest BCUT2D eigenvalue weighted by molar-refractivity contribution is 0.0170. The molecule has 1 unspecified atom stereocenters. The van der Waals surface area contributed by atoms with Gasteiger partial charge in [-0.2, -0.15) is 0 Å². The second-order valence-electron chi connectivity index (χ2n) is 6.96. The van der Waals surface area contributed by atoms with Gasteiger partial charge in [0.1, 0.15) is 5.82 Å². The third-order valence-corrected chi connectivity index (χ3v) is 4.92. The summed E-state index contributed by atoms with van der Waals surface area (Å²) in [5.74, 6) is 2.07. The molecule has 1 aromatic heterocycles. The van der Waals surface area contributed by atoms with Crippen LogP contribution in [0.15, 0.2) is 29.4 Å². The molecule has 2 fully saturated rings. The summed E-state index contributed by atoms with van der Waals surface area (Å²) in [4.78, 5) is 13.9. The average Bonchev–Trinajstić information content (AvgIpc) is 3.24. The number of piperazine rings is 1. The van der Waals surface area contributed by atoms with Gasteiger partial charge >= 0.3 is 0 Å². The number of hydrogen-bond acceptors (Lipinski definition) is 5. The highest BCUT2D eigenvalue weighted by atomic mass is 127. The van der Waals surface area contributed by atoms with Crippen LogP contribution in [0.25, 0.3) is 0 Å². The van der Waals surface area contributed by atoms with E-state index in [1.54, 1.807) is 0 Å². The fourth-order valence-electron chi connectivity index (χ4n) is 3.46. The third kappa shape index (κ3) is 7.36. The zero-order valence-corrected chi connectivity index (χ0v) is 19.2. The van der Waals surface area contributed by atoms with Gasteiger partial charge in [-0.15, -0.1) is 24.0 Å². The predicted octanol–water partition coefficient (Wildman–Crippen LogP) is 2.37. The lowest BCUT2D eigenvalue weighted by atomic mass is 10.2. The lowest BCUT2D eigenvalue weighted by Crippen LogP contribution is -2.52. The fraction of sp³-hybridized carbons (Fsp3) is 0.700. The minimum absolute atomic E-state index is 0. The van der Waals surface area contributed by atoms with Crippen LogP contribution >= 0.6 is 24.0 Å². The second kappa shape index (κ2) is 13.2. The third-order valence-electron chi connectivity index (χ3n) is 4.92. The summed E-state index contributed by atoms with van der Waals surface area (Å²) >= 11 is 0. The molecule has 8 heteroatoms. The largest absolute Gasteiger partial charge is 0.379 e. The average molecular weight is 503 g/mol. The van der Waals surface area contributed by atoms with Crippen molar-refractivity contribution >= 4 is 35.8 Å². The zero-order valence-electron chi connectivity index (χ0n) is 16.9. The summed E-state index contributed by atoms with van der Waals surface area (Å²) in [6.07, 6.45) is 5.40. The van der Waals surface area contributed by atoms with E-state index in [0.717, 1.165) is 90.1 Å². The van der Waals surface area contributed by atoms with Gasteiger partial charge in [-0.3, -0.25) is 4.99 Å². The molecule has 158 valence electrons. The topological polar surface area (TPSA) is 62.2 Å². The molecule has 2 saturated heterocycles. The van der Waals surface area contributed by atoms with Crippen molar-refractivity contribution in [3.63, 3.8) is 0 Å². The molecule has 0 aliphatic carbocycles. The standard InChI is InChI=1S/C20H33N5O2.HI/c1-2-21-20(23-10-6-15-26-17-18-7-5-16-27-18)25-13-11-24(12-14-25)19-8-3-4-9-22-19;/h3-4,8-9,18H,2,5-7,10-17H2,1H3,(H,21,23);1H. The lowest BCUT2D eigenvalue weighted by Gasteiger charge is -2.37. The first-order valence-corrected chi connectivity index (χ1v) is 10.3. The highest BCUT2D eigenvalue weighted by Crippen LogP contribution is 2.13. The van der Waals surface area contributed by atoms with Crippen molar-refractivity contribution in [2.45, 2.75) is 32.3 Å². The van der Waals surface area contributed by atoms with Crippen molar-refractivity contribution in [1.82, 2.24) is 15.2 Å². The predicted molar refractivity (Wildman–Crippen MR) is 124 cm³/mol. The van der Waals surface area contributed by atoms with E-state index < -0.39 is 0 Å². The van der Waals surface area contributed by atoms with Crippen molar-refractivity contribution < 1.29 is 9.47 Å². The Kier molecular flexibility index (Phi) is 10.9. The Morgan fingerprint density at radius 2 is 2.18 bits per heavy atom. The summed E-state index contributed by atoms with van der Waals surface area (Å²) in [5.41, 5.74) is 0. The molecule has 0 saturated carbocycles. The van der Waals surface area contributed by atoms with Gasteiger partial charge in [-0.25, -0.2) is 4.98 Å². The number of pyridine rings is 1. The normalized spacial score (nSPS) is 20.2. The van der Waals surface area contributed by atoms with Crippen LogP contribution in [0.1, 0.15) is 26.2 Å². The number of halogens is 1. The minimum Gasteiger partial charge on any atom is -0.379 e. The molecule has 0 bridgehead atoms. The molecule has 2 aliphatic rings. The number of guanidine groups is 1. The first-order valence-electron chi connectivity index (χ1n) is 10.3. The zero-order chi connectivity index (χ0) is 18.7. The van der Waals surface area contributed by atoms with Crippen LogP contribution < -0.4 is 10.2 Å². The molecule has 7 nitrogen and oxygen atoms in total. The van der Waals surface area contributed by atoms with E-state index in [9.17, 15) is 0 Å². The smallest absolute Gasteiger partial charge is 0.194 e. The van der Waals surface area contributed by atoms with Gasteiger partial charge in [0.05, 0.1) is 12.7 Å². The van der Waals surface area contributed by atoms with Crippen LogP contribution in [0.3, 0.4) is 0 Å². The first kappa shape index (κ1) is 23.2. The molecule has 1 atom stereocenters. The number of ether oxygens (including phenoxy) is 2. The Bertz CT molecular complexity index is 561. The van der Waals surface area contributed by atoms with Gasteiger partial charge in [0.15, 0.2) is 5.96 Å². The molecule has 28 heavy (non-hydrogen) atoms. The van der Waals surface area contributed by atoms with Crippen molar-refractivity contribution in [3.05, 3.63) is 24.4 Å². The molecule has 0 spiro atoms. The minimum atomic E-state index is 0. The highest BCUT2D eigenvalue weighted by molar-refractivity contribution is 14.0. The maximum absolute atomic E-state index is 5.73. The molecule has 1 N–H and O–H groups in total. The van der Waals surface area contributed by atoms with E-state index in [0.29, 0.717) is 6.10 Å². The molecule has 0 aromatic carbocycles. The van der Waals surface area contributed by atoms with Gasteiger partial charge in [-0.05, 0) is 38.3 Å². The van der Waals surface area contributed by atoms with Crippen LogP contribution in [0.4, 0.5) is 5.82 Å². The second-order valence-corrected chi connectivity index (χ2v) is 6.96. The first-order chi connectivity index (χ1) is 13.4. The quantitative estimate of drug-likeness (QED) is 0.255. The van der Waals surface area contributed by atoms with Crippen LogP contribution in [0.5, 0.6) is 0 Å². The maximum atomic E-state index is 5.73. The molecule has 1 aromatic rings. The fourth-order valence-corrected chi connectivity index (χ4v) is 3.46. The van der Waals surface area contributed by atoms with E-state index in [-0.39, 0.29) is 24.0 Å². The summed E-state index contributed by atoms with van der Waals surface area (Å²) in [6.45, 7) is 9.98. The van der Waals surface area contributed by atoms with Gasteiger partial charge in [0.2, 0.25) is 0 Å². The Balaban J connectivity index is 0.00000280. The van der Waals surface area contributed by atoms with E-state index in [1.807, 2.05) is 18.3 Å².